The molecule has 1 saturated heterocycles. The summed E-state index contributed by atoms with van der Waals surface area (Å²) >= 11 is 0. The van der Waals surface area contributed by atoms with Gasteiger partial charge in [0.15, 0.2) is 5.82 Å². The first-order valence-electron chi connectivity index (χ1n) is 11.1. The molecule has 0 saturated carbocycles. The van der Waals surface area contributed by atoms with E-state index < -0.39 is 0 Å². The van der Waals surface area contributed by atoms with Gasteiger partial charge in [-0.15, -0.1) is 0 Å². The second kappa shape index (κ2) is 7.49. The maximum Gasteiger partial charge on any atom is 0.254 e. The summed E-state index contributed by atoms with van der Waals surface area (Å²) in [6.45, 7) is 2.58. The third-order valence-electron chi connectivity index (χ3n) is 6.66. The van der Waals surface area contributed by atoms with Gasteiger partial charge in [-0.05, 0) is 60.8 Å². The smallest absolute Gasteiger partial charge is 0.254 e. The van der Waals surface area contributed by atoms with Crippen molar-refractivity contribution in [3.63, 3.8) is 0 Å². The summed E-state index contributed by atoms with van der Waals surface area (Å²) in [5.74, 6) is 1.18. The Balaban J connectivity index is 1.37. The average molecular weight is 428 g/mol. The van der Waals surface area contributed by atoms with Gasteiger partial charge in [-0.25, -0.2) is 4.98 Å². The van der Waals surface area contributed by atoms with E-state index in [0.29, 0.717) is 18.0 Å². The fourth-order valence-corrected chi connectivity index (χ4v) is 4.98. The highest BCUT2D eigenvalue weighted by Crippen LogP contribution is 2.38. The molecular weight excluding hydrogens is 402 g/mol. The highest BCUT2D eigenvalue weighted by Gasteiger charge is 2.27. The van der Waals surface area contributed by atoms with Crippen molar-refractivity contribution in [1.29, 1.82) is 0 Å². The number of benzene rings is 1. The fraction of sp³-hybridized carbons (Fsp3) is 0.292. The van der Waals surface area contributed by atoms with Crippen LogP contribution in [0.5, 0.6) is 0 Å². The molecule has 2 aliphatic heterocycles. The van der Waals surface area contributed by atoms with E-state index in [1.165, 1.54) is 0 Å². The minimum atomic E-state index is -0.0585. The number of aromatic nitrogens is 4. The zero-order chi connectivity index (χ0) is 21.7. The van der Waals surface area contributed by atoms with Gasteiger partial charge in [-0.1, -0.05) is 6.07 Å². The molecule has 2 aliphatic rings. The van der Waals surface area contributed by atoms with Crippen LogP contribution >= 0.6 is 0 Å². The van der Waals surface area contributed by atoms with Crippen molar-refractivity contribution in [2.24, 2.45) is 7.05 Å². The minimum Gasteiger partial charge on any atom is -0.348 e. The Morgan fingerprint density at radius 2 is 2.00 bits per heavy atom. The molecule has 0 radical (unpaired) electrons. The van der Waals surface area contributed by atoms with Gasteiger partial charge in [0.05, 0.1) is 11.3 Å². The molecular formula is C24H25N7O. The first-order valence-corrected chi connectivity index (χ1v) is 11.1. The van der Waals surface area contributed by atoms with Crippen LogP contribution in [0, 0.1) is 0 Å². The summed E-state index contributed by atoms with van der Waals surface area (Å²) in [6, 6.07) is 10.2. The molecule has 1 fully saturated rings. The van der Waals surface area contributed by atoms with E-state index in [1.807, 2.05) is 36.1 Å². The van der Waals surface area contributed by atoms with E-state index in [-0.39, 0.29) is 5.91 Å². The van der Waals surface area contributed by atoms with E-state index in [9.17, 15) is 4.79 Å². The number of amides is 1. The third kappa shape index (κ3) is 3.06. The Morgan fingerprint density at radius 1 is 1.12 bits per heavy atom. The Hall–Kier alpha value is -3.65. The standard InChI is InChI=1S/C24H25N7O/c1-31-11-7-17-16(6-10-26-23(17)31)15-2-3-19(22-18(15)13-27-24(22)32)28-21-12-20(29-30-21)14-4-8-25-9-5-14/h2-3,6-7,10-12,14,25H,4-5,8-9,13H2,1H3,(H,27,32)(H2,28,29,30). The molecule has 4 N–H and O–H groups in total. The lowest BCUT2D eigenvalue weighted by Crippen LogP contribution is -2.26. The molecule has 32 heavy (non-hydrogen) atoms. The predicted octanol–water partition coefficient (Wildman–Crippen LogP) is 3.42. The van der Waals surface area contributed by atoms with Crippen LogP contribution in [-0.4, -0.2) is 38.7 Å². The molecule has 0 unspecified atom stereocenters. The topological polar surface area (TPSA) is 99.7 Å². The molecule has 6 rings (SSSR count). The number of piperidine rings is 1. The number of nitrogens with zero attached hydrogens (tertiary/aromatic N) is 3. The minimum absolute atomic E-state index is 0.0585. The molecule has 3 aromatic heterocycles. The summed E-state index contributed by atoms with van der Waals surface area (Å²) in [4.78, 5) is 17.3. The van der Waals surface area contributed by atoms with Crippen molar-refractivity contribution in [2.45, 2.75) is 25.3 Å². The lowest BCUT2D eigenvalue weighted by molar-refractivity contribution is 0.0966. The van der Waals surface area contributed by atoms with Crippen LogP contribution in [0.25, 0.3) is 22.2 Å². The van der Waals surface area contributed by atoms with Gasteiger partial charge in [-0.2, -0.15) is 5.10 Å². The molecule has 0 aliphatic carbocycles. The average Bonchev–Trinajstić information content (AvgIpc) is 3.55. The van der Waals surface area contributed by atoms with Crippen LogP contribution in [-0.2, 0) is 13.6 Å². The molecule has 8 nitrogen and oxygen atoms in total. The van der Waals surface area contributed by atoms with Crippen molar-refractivity contribution in [3.05, 3.63) is 59.5 Å². The van der Waals surface area contributed by atoms with E-state index in [2.05, 4.69) is 49.3 Å². The summed E-state index contributed by atoms with van der Waals surface area (Å²) in [5, 5.41) is 18.5. The second-order valence-corrected chi connectivity index (χ2v) is 8.58. The molecule has 162 valence electrons. The molecule has 8 heteroatoms. The van der Waals surface area contributed by atoms with Crippen molar-refractivity contribution >= 4 is 28.4 Å². The first-order chi connectivity index (χ1) is 15.7. The number of aryl methyl sites for hydroxylation is 1. The number of H-pyrrole nitrogens is 1. The fourth-order valence-electron chi connectivity index (χ4n) is 4.98. The van der Waals surface area contributed by atoms with Crippen LogP contribution in [0.15, 0.2) is 42.7 Å². The van der Waals surface area contributed by atoms with Gasteiger partial charge < -0.3 is 20.5 Å². The zero-order valence-electron chi connectivity index (χ0n) is 17.9. The number of rotatable bonds is 4. The lowest BCUT2D eigenvalue weighted by Gasteiger charge is -2.20. The molecule has 4 aromatic rings. The first kappa shape index (κ1) is 19.1. The second-order valence-electron chi connectivity index (χ2n) is 8.58. The Labute approximate surface area is 185 Å². The number of aromatic amines is 1. The monoisotopic (exact) mass is 427 g/mol. The van der Waals surface area contributed by atoms with Crippen LogP contribution in [0.1, 0.15) is 40.4 Å². The lowest BCUT2D eigenvalue weighted by atomic mass is 9.94. The number of pyridine rings is 1. The van der Waals surface area contributed by atoms with E-state index >= 15 is 0 Å². The number of hydrogen-bond donors (Lipinski definition) is 4. The Bertz CT molecular complexity index is 1330. The highest BCUT2D eigenvalue weighted by molar-refractivity contribution is 6.07. The maximum absolute atomic E-state index is 12.8. The quantitative estimate of drug-likeness (QED) is 0.400. The number of hydrogen-bond acceptors (Lipinski definition) is 5. The van der Waals surface area contributed by atoms with Gasteiger partial charge in [0, 0.05) is 49.1 Å². The number of carbonyl (C=O) groups excluding carboxylic acids is 1. The van der Waals surface area contributed by atoms with Gasteiger partial charge in [0.25, 0.3) is 5.91 Å². The van der Waals surface area contributed by atoms with Crippen LogP contribution in [0.2, 0.25) is 0 Å². The van der Waals surface area contributed by atoms with Gasteiger partial charge in [-0.3, -0.25) is 9.89 Å². The summed E-state index contributed by atoms with van der Waals surface area (Å²) < 4.78 is 2.01. The van der Waals surface area contributed by atoms with Crippen LogP contribution < -0.4 is 16.0 Å². The number of carbonyl (C=O) groups is 1. The Kier molecular flexibility index (Phi) is 4.46. The Morgan fingerprint density at radius 3 is 2.88 bits per heavy atom. The van der Waals surface area contributed by atoms with Crippen molar-refractivity contribution in [3.8, 4) is 11.1 Å². The third-order valence-corrected chi connectivity index (χ3v) is 6.66. The number of fused-ring (bicyclic) bond motifs is 2. The normalized spacial score (nSPS) is 16.3. The van der Waals surface area contributed by atoms with E-state index in [0.717, 1.165) is 70.9 Å². The highest BCUT2D eigenvalue weighted by atomic mass is 16.1. The van der Waals surface area contributed by atoms with E-state index in [1.54, 1.807) is 0 Å². The van der Waals surface area contributed by atoms with Gasteiger partial charge >= 0.3 is 0 Å². The summed E-state index contributed by atoms with van der Waals surface area (Å²) in [7, 11) is 1.99. The molecule has 1 aromatic carbocycles. The molecule has 0 spiro atoms. The summed E-state index contributed by atoms with van der Waals surface area (Å²) in [5.41, 5.74) is 6.69. The van der Waals surface area contributed by atoms with E-state index in [4.69, 9.17) is 0 Å². The predicted molar refractivity (Wildman–Crippen MR) is 124 cm³/mol. The largest absolute Gasteiger partial charge is 0.348 e. The molecule has 1 amide bonds. The number of nitrogens with one attached hydrogen (secondary N) is 4. The van der Waals surface area contributed by atoms with Gasteiger partial charge in [0.2, 0.25) is 0 Å². The van der Waals surface area contributed by atoms with Crippen LogP contribution in [0.3, 0.4) is 0 Å². The molecule has 5 heterocycles. The molecule has 0 bridgehead atoms. The van der Waals surface area contributed by atoms with Crippen molar-refractivity contribution in [2.75, 3.05) is 18.4 Å². The summed E-state index contributed by atoms with van der Waals surface area (Å²) in [6.07, 6.45) is 6.05. The van der Waals surface area contributed by atoms with Gasteiger partial charge in [0.1, 0.15) is 5.65 Å². The van der Waals surface area contributed by atoms with Crippen molar-refractivity contribution < 1.29 is 4.79 Å². The maximum atomic E-state index is 12.8. The number of anilines is 2. The van der Waals surface area contributed by atoms with Crippen LogP contribution in [0.4, 0.5) is 11.5 Å². The zero-order valence-corrected chi connectivity index (χ0v) is 17.9. The molecule has 0 atom stereocenters. The van der Waals surface area contributed by atoms with Crippen molar-refractivity contribution in [1.82, 2.24) is 30.4 Å². The SMILES string of the molecule is Cn1ccc2c(-c3ccc(Nc4cc(C5CCNCC5)[nH]n4)c4c3CNC4=O)ccnc21.